The summed E-state index contributed by atoms with van der Waals surface area (Å²) < 4.78 is 41.3. The van der Waals surface area contributed by atoms with Gasteiger partial charge < -0.3 is 9.84 Å². The molecule has 1 atom stereocenters. The molecule has 1 aromatic carbocycles. The lowest BCUT2D eigenvalue weighted by Gasteiger charge is -2.16. The Hall–Kier alpha value is -0.940. The number of benzene rings is 1. The van der Waals surface area contributed by atoms with E-state index in [2.05, 4.69) is 0 Å². The summed E-state index contributed by atoms with van der Waals surface area (Å²) in [5.74, 6) is 0.271. The summed E-state index contributed by atoms with van der Waals surface area (Å²) in [6, 6.07) is 4.31. The van der Waals surface area contributed by atoms with Crippen molar-refractivity contribution in [1.82, 2.24) is 0 Å². The van der Waals surface area contributed by atoms with E-state index < -0.39 is 18.7 Å². The van der Waals surface area contributed by atoms with Crippen LogP contribution in [-0.4, -0.2) is 24.5 Å². The Balaban J connectivity index is 2.91. The van der Waals surface area contributed by atoms with E-state index in [4.69, 9.17) is 21.4 Å². The number of methoxy groups -OCH3 is 1. The maximum absolute atomic E-state index is 12.1. The van der Waals surface area contributed by atoms with Gasteiger partial charge >= 0.3 is 6.18 Å². The van der Waals surface area contributed by atoms with Crippen LogP contribution in [0.15, 0.2) is 18.2 Å². The van der Waals surface area contributed by atoms with Gasteiger partial charge in [-0.1, -0.05) is 11.6 Å². The Morgan fingerprint density at radius 1 is 1.44 bits per heavy atom. The summed E-state index contributed by atoms with van der Waals surface area (Å²) in [7, 11) is 1.34. The SMILES string of the molecule is COc1ccc(Cl)cc1C[C@@H](O)C(F)(F)F. The number of ether oxygens (including phenoxy) is 1. The van der Waals surface area contributed by atoms with Gasteiger partial charge in [-0.15, -0.1) is 0 Å². The van der Waals surface area contributed by atoms with Crippen LogP contribution in [0.25, 0.3) is 0 Å². The quantitative estimate of drug-likeness (QED) is 0.899. The molecule has 0 saturated carbocycles. The number of alkyl halides is 3. The molecule has 0 radical (unpaired) electrons. The molecular weight excluding hydrogens is 245 g/mol. The molecule has 0 aliphatic heterocycles. The number of halogens is 4. The number of aliphatic hydroxyl groups excluding tert-OH is 1. The molecular formula is C10H10ClF3O2. The van der Waals surface area contributed by atoms with Crippen LogP contribution in [0.3, 0.4) is 0 Å². The van der Waals surface area contributed by atoms with Gasteiger partial charge in [-0.2, -0.15) is 13.2 Å². The van der Waals surface area contributed by atoms with Crippen LogP contribution in [0.4, 0.5) is 13.2 Å². The van der Waals surface area contributed by atoms with Gasteiger partial charge in [0.25, 0.3) is 0 Å². The zero-order chi connectivity index (χ0) is 12.3. The predicted molar refractivity (Wildman–Crippen MR) is 53.8 cm³/mol. The lowest BCUT2D eigenvalue weighted by Crippen LogP contribution is -2.30. The molecule has 1 rings (SSSR count). The van der Waals surface area contributed by atoms with Crippen molar-refractivity contribution in [1.29, 1.82) is 0 Å². The molecule has 0 unspecified atom stereocenters. The fourth-order valence-corrected chi connectivity index (χ4v) is 1.43. The van der Waals surface area contributed by atoms with E-state index in [1.807, 2.05) is 0 Å². The van der Waals surface area contributed by atoms with Crippen LogP contribution in [-0.2, 0) is 6.42 Å². The van der Waals surface area contributed by atoms with Gasteiger partial charge in [0.2, 0.25) is 0 Å². The molecule has 90 valence electrons. The third-order valence-electron chi connectivity index (χ3n) is 2.03. The molecule has 6 heteroatoms. The van der Waals surface area contributed by atoms with Crippen molar-refractivity contribution in [2.45, 2.75) is 18.7 Å². The molecule has 0 saturated heterocycles. The van der Waals surface area contributed by atoms with Crippen molar-refractivity contribution in [2.75, 3.05) is 7.11 Å². The van der Waals surface area contributed by atoms with Gasteiger partial charge in [-0.3, -0.25) is 0 Å². The molecule has 1 N–H and O–H groups in total. The number of hydrogen-bond acceptors (Lipinski definition) is 2. The standard InChI is InChI=1S/C10H10ClF3O2/c1-16-8-3-2-7(11)4-6(8)5-9(15)10(12,13)14/h2-4,9,15H,5H2,1H3/t9-/m1/s1. The Bertz CT molecular complexity index is 366. The zero-order valence-corrected chi connectivity index (χ0v) is 9.14. The van der Waals surface area contributed by atoms with Crippen molar-refractivity contribution in [3.8, 4) is 5.75 Å². The normalized spacial score (nSPS) is 13.6. The Morgan fingerprint density at radius 2 is 2.06 bits per heavy atom. The highest BCUT2D eigenvalue weighted by molar-refractivity contribution is 6.30. The van der Waals surface area contributed by atoms with E-state index in [9.17, 15) is 13.2 Å². The molecule has 0 aliphatic rings. The minimum atomic E-state index is -4.65. The first-order chi connectivity index (χ1) is 7.34. The maximum atomic E-state index is 12.1. The molecule has 0 heterocycles. The summed E-state index contributed by atoms with van der Waals surface area (Å²) in [5, 5.41) is 9.22. The molecule has 2 nitrogen and oxygen atoms in total. The lowest BCUT2D eigenvalue weighted by atomic mass is 10.1. The van der Waals surface area contributed by atoms with Crippen LogP contribution in [0.2, 0.25) is 5.02 Å². The van der Waals surface area contributed by atoms with E-state index in [0.29, 0.717) is 5.02 Å². The van der Waals surface area contributed by atoms with Gasteiger partial charge in [0.15, 0.2) is 6.10 Å². The van der Waals surface area contributed by atoms with E-state index >= 15 is 0 Å². The van der Waals surface area contributed by atoms with Crippen molar-refractivity contribution >= 4 is 11.6 Å². The smallest absolute Gasteiger partial charge is 0.414 e. The average Bonchev–Trinajstić information content (AvgIpc) is 2.16. The van der Waals surface area contributed by atoms with Crippen molar-refractivity contribution in [3.05, 3.63) is 28.8 Å². The first-order valence-corrected chi connectivity index (χ1v) is 4.79. The fourth-order valence-electron chi connectivity index (χ4n) is 1.23. The number of rotatable bonds is 3. The topological polar surface area (TPSA) is 29.5 Å². The van der Waals surface area contributed by atoms with E-state index in [1.54, 1.807) is 0 Å². The second-order valence-electron chi connectivity index (χ2n) is 3.22. The van der Waals surface area contributed by atoms with Gasteiger partial charge in [0, 0.05) is 11.4 Å². The maximum Gasteiger partial charge on any atom is 0.414 e. The second kappa shape index (κ2) is 4.93. The third-order valence-corrected chi connectivity index (χ3v) is 2.27. The molecule has 1 aromatic rings. The van der Waals surface area contributed by atoms with Crippen LogP contribution >= 0.6 is 11.6 Å². The number of aliphatic hydroxyl groups is 1. The Labute approximate surface area is 95.6 Å². The monoisotopic (exact) mass is 254 g/mol. The van der Waals surface area contributed by atoms with E-state index in [-0.39, 0.29) is 11.3 Å². The number of hydrogen-bond donors (Lipinski definition) is 1. The summed E-state index contributed by atoms with van der Waals surface area (Å²) in [5.41, 5.74) is 0.222. The fraction of sp³-hybridized carbons (Fsp3) is 0.400. The predicted octanol–water partition coefficient (Wildman–Crippen LogP) is 2.81. The minimum Gasteiger partial charge on any atom is -0.496 e. The minimum absolute atomic E-state index is 0.222. The Kier molecular flexibility index (Phi) is 4.04. The highest BCUT2D eigenvalue weighted by Gasteiger charge is 2.38. The molecule has 0 bridgehead atoms. The summed E-state index contributed by atoms with van der Waals surface area (Å²) in [4.78, 5) is 0. The molecule has 16 heavy (non-hydrogen) atoms. The summed E-state index contributed by atoms with van der Waals surface area (Å²) in [6.07, 6.45) is -7.64. The van der Waals surface area contributed by atoms with Gasteiger partial charge in [-0.25, -0.2) is 0 Å². The van der Waals surface area contributed by atoms with E-state index in [1.165, 1.54) is 25.3 Å². The average molecular weight is 255 g/mol. The van der Waals surface area contributed by atoms with Crippen LogP contribution in [0.1, 0.15) is 5.56 Å². The summed E-state index contributed by atoms with van der Waals surface area (Å²) >= 11 is 5.65. The molecule has 0 amide bonds. The first kappa shape index (κ1) is 13.1. The summed E-state index contributed by atoms with van der Waals surface area (Å²) in [6.45, 7) is 0. The third kappa shape index (κ3) is 3.28. The lowest BCUT2D eigenvalue weighted by molar-refractivity contribution is -0.203. The highest BCUT2D eigenvalue weighted by atomic mass is 35.5. The molecule has 0 spiro atoms. The molecule has 0 aliphatic carbocycles. The van der Waals surface area contributed by atoms with Gasteiger partial charge in [0.1, 0.15) is 5.75 Å². The first-order valence-electron chi connectivity index (χ1n) is 4.42. The van der Waals surface area contributed by atoms with Crippen molar-refractivity contribution < 1.29 is 23.0 Å². The van der Waals surface area contributed by atoms with Gasteiger partial charge in [0.05, 0.1) is 7.11 Å². The highest BCUT2D eigenvalue weighted by Crippen LogP contribution is 2.28. The molecule has 0 aromatic heterocycles. The second-order valence-corrected chi connectivity index (χ2v) is 3.65. The Morgan fingerprint density at radius 3 is 2.56 bits per heavy atom. The van der Waals surface area contributed by atoms with Crippen LogP contribution < -0.4 is 4.74 Å². The zero-order valence-electron chi connectivity index (χ0n) is 8.38. The van der Waals surface area contributed by atoms with Crippen molar-refractivity contribution in [2.24, 2.45) is 0 Å². The largest absolute Gasteiger partial charge is 0.496 e. The van der Waals surface area contributed by atoms with Crippen molar-refractivity contribution in [3.63, 3.8) is 0 Å². The van der Waals surface area contributed by atoms with Crippen LogP contribution in [0.5, 0.6) is 5.75 Å². The van der Waals surface area contributed by atoms with Crippen LogP contribution in [0, 0.1) is 0 Å². The molecule has 0 fully saturated rings. The van der Waals surface area contributed by atoms with Gasteiger partial charge in [-0.05, 0) is 23.8 Å². The van der Waals surface area contributed by atoms with E-state index in [0.717, 1.165) is 0 Å².